The summed E-state index contributed by atoms with van der Waals surface area (Å²) in [5.74, 6) is 0.314. The van der Waals surface area contributed by atoms with E-state index in [4.69, 9.17) is 0 Å². The molecule has 0 aliphatic heterocycles. The molecule has 18 heavy (non-hydrogen) atoms. The Balaban J connectivity index is 2.34. The number of ketones is 1. The van der Waals surface area contributed by atoms with Crippen molar-refractivity contribution >= 4 is 5.78 Å². The summed E-state index contributed by atoms with van der Waals surface area (Å²) in [4.78, 5) is 12.1. The van der Waals surface area contributed by atoms with Crippen molar-refractivity contribution in [2.75, 3.05) is 0 Å². The lowest BCUT2D eigenvalue weighted by Crippen LogP contribution is -2.29. The fraction of sp³-hybridized carbons (Fsp3) is 0.688. The van der Waals surface area contributed by atoms with E-state index in [9.17, 15) is 4.79 Å². The van der Waals surface area contributed by atoms with Gasteiger partial charge < -0.3 is 4.57 Å². The van der Waals surface area contributed by atoms with Crippen molar-refractivity contribution in [3.63, 3.8) is 0 Å². The van der Waals surface area contributed by atoms with Crippen LogP contribution in [0.1, 0.15) is 63.5 Å². The van der Waals surface area contributed by atoms with Crippen LogP contribution in [0.15, 0.2) is 12.3 Å². The number of carbonyl (C=O) groups excluding carboxylic acids is 1. The van der Waals surface area contributed by atoms with Gasteiger partial charge in [0.25, 0.3) is 0 Å². The molecule has 1 aliphatic carbocycles. The van der Waals surface area contributed by atoms with Crippen molar-refractivity contribution < 1.29 is 4.79 Å². The molecule has 2 nitrogen and oxygen atoms in total. The Morgan fingerprint density at radius 1 is 1.33 bits per heavy atom. The van der Waals surface area contributed by atoms with E-state index in [-0.39, 0.29) is 10.8 Å². The van der Waals surface area contributed by atoms with Crippen LogP contribution in [0.3, 0.4) is 0 Å². The number of hydrogen-bond donors (Lipinski definition) is 0. The van der Waals surface area contributed by atoms with Crippen LogP contribution in [0, 0.1) is 10.8 Å². The largest absolute Gasteiger partial charge is 0.350 e. The molecule has 0 fully saturated rings. The van der Waals surface area contributed by atoms with Crippen LogP contribution in [0.2, 0.25) is 0 Å². The topological polar surface area (TPSA) is 22.0 Å². The van der Waals surface area contributed by atoms with Crippen LogP contribution in [-0.4, -0.2) is 10.4 Å². The number of Topliss-reactive ketones (excluding diaryl/α,β-unsaturated/α-hetero) is 1. The van der Waals surface area contributed by atoms with Gasteiger partial charge in [0.15, 0.2) is 5.78 Å². The molecule has 0 radical (unpaired) electrons. The van der Waals surface area contributed by atoms with Crippen LogP contribution < -0.4 is 0 Å². The molecule has 0 atom stereocenters. The van der Waals surface area contributed by atoms with Crippen LogP contribution in [0.25, 0.3) is 0 Å². The molecular weight excluding hydrogens is 222 g/mol. The maximum absolute atomic E-state index is 12.1. The lowest BCUT2D eigenvalue weighted by molar-refractivity contribution is 0.0908. The molecule has 0 N–H and O–H groups in total. The second-order valence-electron chi connectivity index (χ2n) is 7.26. The van der Waals surface area contributed by atoms with Crippen LogP contribution in [-0.2, 0) is 13.0 Å². The van der Waals surface area contributed by atoms with Gasteiger partial charge in [-0.3, -0.25) is 4.79 Å². The summed E-state index contributed by atoms with van der Waals surface area (Å²) in [7, 11) is 0. The maximum Gasteiger partial charge on any atom is 0.165 e. The predicted molar refractivity (Wildman–Crippen MR) is 74.9 cm³/mol. The summed E-state index contributed by atoms with van der Waals surface area (Å²) in [5.41, 5.74) is 2.60. The third-order valence-electron chi connectivity index (χ3n) is 4.22. The van der Waals surface area contributed by atoms with Crippen molar-refractivity contribution in [1.82, 2.24) is 4.57 Å². The maximum atomic E-state index is 12.1. The van der Waals surface area contributed by atoms with Crippen LogP contribution in [0.5, 0.6) is 0 Å². The van der Waals surface area contributed by atoms with E-state index in [2.05, 4.69) is 45.4 Å². The van der Waals surface area contributed by atoms with Crippen molar-refractivity contribution in [1.29, 1.82) is 0 Å². The molecule has 0 amide bonds. The van der Waals surface area contributed by atoms with Gasteiger partial charge in [-0.15, -0.1) is 0 Å². The molecule has 0 spiro atoms. The standard InChI is InChI=1S/C16H25NO/c1-6-15(2,3)11-17-8-7-12-13(17)9-16(4,5)10-14(12)18/h7-8H,6,9-11H2,1-5H3. The highest BCUT2D eigenvalue weighted by molar-refractivity contribution is 5.98. The fourth-order valence-electron chi connectivity index (χ4n) is 2.72. The molecule has 1 aliphatic rings. The van der Waals surface area contributed by atoms with Gasteiger partial charge in [-0.1, -0.05) is 34.6 Å². The van der Waals surface area contributed by atoms with Crippen LogP contribution in [0.4, 0.5) is 0 Å². The second-order valence-corrected chi connectivity index (χ2v) is 7.26. The summed E-state index contributed by atoms with van der Waals surface area (Å²) in [6, 6.07) is 2.01. The molecule has 0 saturated heterocycles. The highest BCUT2D eigenvalue weighted by atomic mass is 16.1. The van der Waals surface area contributed by atoms with Crippen molar-refractivity contribution in [2.45, 2.75) is 60.4 Å². The van der Waals surface area contributed by atoms with Crippen LogP contribution >= 0.6 is 0 Å². The molecule has 0 unspecified atom stereocenters. The van der Waals surface area contributed by atoms with E-state index in [1.807, 2.05) is 6.07 Å². The normalized spacial score (nSPS) is 18.8. The number of fused-ring (bicyclic) bond motifs is 1. The molecule has 2 rings (SSSR count). The van der Waals surface area contributed by atoms with Gasteiger partial charge in [-0.05, 0) is 29.7 Å². The van der Waals surface area contributed by atoms with Gasteiger partial charge in [-0.25, -0.2) is 0 Å². The Morgan fingerprint density at radius 3 is 2.61 bits per heavy atom. The first-order chi connectivity index (χ1) is 8.24. The average Bonchev–Trinajstić information content (AvgIpc) is 2.59. The number of aromatic nitrogens is 1. The molecule has 0 saturated carbocycles. The first kappa shape index (κ1) is 13.4. The van der Waals surface area contributed by atoms with E-state index in [0.29, 0.717) is 12.2 Å². The van der Waals surface area contributed by atoms with E-state index in [0.717, 1.165) is 24.9 Å². The smallest absolute Gasteiger partial charge is 0.165 e. The van der Waals surface area contributed by atoms with Gasteiger partial charge in [0.05, 0.1) is 0 Å². The first-order valence-corrected chi connectivity index (χ1v) is 6.95. The third-order valence-corrected chi connectivity index (χ3v) is 4.22. The Bertz CT molecular complexity index is 465. The van der Waals surface area contributed by atoms with Gasteiger partial charge in [0, 0.05) is 30.4 Å². The Hall–Kier alpha value is -1.05. The SMILES string of the molecule is CCC(C)(C)Cn1ccc2c1CC(C)(C)CC2=O. The monoisotopic (exact) mass is 247 g/mol. The summed E-state index contributed by atoms with van der Waals surface area (Å²) < 4.78 is 2.30. The number of carbonyl (C=O) groups is 1. The highest BCUT2D eigenvalue weighted by Crippen LogP contribution is 2.36. The van der Waals surface area contributed by atoms with Gasteiger partial charge in [0.1, 0.15) is 0 Å². The quantitative estimate of drug-likeness (QED) is 0.789. The molecule has 0 aromatic carbocycles. The Kier molecular flexibility index (Phi) is 3.16. The summed E-state index contributed by atoms with van der Waals surface area (Å²) in [6.45, 7) is 12.2. The van der Waals surface area contributed by atoms with Gasteiger partial charge in [-0.2, -0.15) is 0 Å². The van der Waals surface area contributed by atoms with Gasteiger partial charge >= 0.3 is 0 Å². The summed E-state index contributed by atoms with van der Waals surface area (Å²) in [5, 5.41) is 0. The van der Waals surface area contributed by atoms with Gasteiger partial charge in [0.2, 0.25) is 0 Å². The predicted octanol–water partition coefficient (Wildman–Crippen LogP) is 4.08. The minimum absolute atomic E-state index is 0.108. The van der Waals surface area contributed by atoms with Crippen molar-refractivity contribution in [3.8, 4) is 0 Å². The van der Waals surface area contributed by atoms with Crippen molar-refractivity contribution in [2.24, 2.45) is 10.8 Å². The highest BCUT2D eigenvalue weighted by Gasteiger charge is 2.33. The van der Waals surface area contributed by atoms with E-state index >= 15 is 0 Å². The van der Waals surface area contributed by atoms with Crippen molar-refractivity contribution in [3.05, 3.63) is 23.5 Å². The Morgan fingerprint density at radius 2 is 2.00 bits per heavy atom. The number of rotatable bonds is 3. The molecule has 1 aromatic heterocycles. The fourth-order valence-corrected chi connectivity index (χ4v) is 2.72. The molecule has 0 bridgehead atoms. The third kappa shape index (κ3) is 2.52. The zero-order chi connectivity index (χ0) is 13.6. The minimum atomic E-state index is 0.108. The van der Waals surface area contributed by atoms with E-state index < -0.39 is 0 Å². The Labute approximate surface area is 110 Å². The van der Waals surface area contributed by atoms with E-state index in [1.165, 1.54) is 5.69 Å². The second kappa shape index (κ2) is 4.25. The zero-order valence-electron chi connectivity index (χ0n) is 12.3. The lowest BCUT2D eigenvalue weighted by Gasteiger charge is -2.31. The lowest BCUT2D eigenvalue weighted by atomic mass is 9.76. The average molecular weight is 247 g/mol. The molecular formula is C16H25NO. The minimum Gasteiger partial charge on any atom is -0.350 e. The molecule has 1 heterocycles. The molecule has 1 aromatic rings. The number of hydrogen-bond acceptors (Lipinski definition) is 1. The summed E-state index contributed by atoms with van der Waals surface area (Å²) in [6.07, 6.45) is 4.95. The zero-order valence-corrected chi connectivity index (χ0v) is 12.3. The summed E-state index contributed by atoms with van der Waals surface area (Å²) >= 11 is 0. The van der Waals surface area contributed by atoms with E-state index in [1.54, 1.807) is 0 Å². The number of nitrogens with zero attached hydrogens (tertiary/aromatic N) is 1. The molecule has 100 valence electrons. The first-order valence-electron chi connectivity index (χ1n) is 6.95. The molecule has 2 heteroatoms.